The molecule has 0 aliphatic carbocycles. The average Bonchev–Trinajstić information content (AvgIpc) is 2.29. The minimum Gasteiger partial charge on any atom is -0.406 e. The average molecular weight is 290 g/mol. The molecule has 0 saturated carbocycles. The molecule has 0 spiro atoms. The van der Waals surface area contributed by atoms with Gasteiger partial charge in [0.2, 0.25) is 0 Å². The fourth-order valence-corrected chi connectivity index (χ4v) is 1.21. The number of hydrogen-bond acceptors (Lipinski definition) is 3. The van der Waals surface area contributed by atoms with Crippen LogP contribution in [0.3, 0.4) is 0 Å². The van der Waals surface area contributed by atoms with Crippen LogP contribution in [-0.4, -0.2) is 24.2 Å². The number of nitrogens with one attached hydrogen (secondary N) is 2. The first kappa shape index (κ1) is 15.8. The lowest BCUT2D eigenvalue weighted by molar-refractivity contribution is -0.274. The van der Waals surface area contributed by atoms with Gasteiger partial charge >= 0.3 is 12.4 Å². The zero-order valence-electron chi connectivity index (χ0n) is 10.7. The Morgan fingerprint density at radius 3 is 2.20 bits per heavy atom. The third-order valence-electron chi connectivity index (χ3n) is 2.30. The lowest BCUT2D eigenvalue weighted by atomic mass is 10.2. The maximum absolute atomic E-state index is 11.9. The number of Topliss-reactive ketones (excluding diaryl/α,β-unsaturated/α-hetero) is 1. The number of urea groups is 1. The molecule has 0 saturated heterocycles. The van der Waals surface area contributed by atoms with Crippen molar-refractivity contribution < 1.29 is 27.5 Å². The Hall–Kier alpha value is -2.25. The normalized spacial score (nSPS) is 12.4. The van der Waals surface area contributed by atoms with Crippen molar-refractivity contribution in [2.24, 2.45) is 0 Å². The summed E-state index contributed by atoms with van der Waals surface area (Å²) < 4.78 is 39.5. The number of alkyl halides is 3. The minimum atomic E-state index is -4.76. The van der Waals surface area contributed by atoms with Gasteiger partial charge in [0.15, 0.2) is 5.78 Å². The number of halogens is 3. The zero-order chi connectivity index (χ0) is 15.3. The van der Waals surface area contributed by atoms with E-state index in [-0.39, 0.29) is 17.2 Å². The maximum atomic E-state index is 11.9. The fraction of sp³-hybridized carbons (Fsp3) is 0.333. The summed E-state index contributed by atoms with van der Waals surface area (Å²) in [7, 11) is 0. The van der Waals surface area contributed by atoms with Crippen LogP contribution in [0, 0.1) is 0 Å². The van der Waals surface area contributed by atoms with Gasteiger partial charge in [-0.15, -0.1) is 13.2 Å². The highest BCUT2D eigenvalue weighted by Crippen LogP contribution is 2.23. The Bertz CT molecular complexity index is 486. The van der Waals surface area contributed by atoms with Gasteiger partial charge in [-0.2, -0.15) is 0 Å². The summed E-state index contributed by atoms with van der Waals surface area (Å²) in [5.41, 5.74) is 0.271. The molecule has 1 aromatic rings. The fourth-order valence-electron chi connectivity index (χ4n) is 1.21. The minimum absolute atomic E-state index is 0.214. The van der Waals surface area contributed by atoms with Crippen molar-refractivity contribution in [3.8, 4) is 5.75 Å². The van der Waals surface area contributed by atoms with Crippen LogP contribution in [0.25, 0.3) is 0 Å². The van der Waals surface area contributed by atoms with Crippen molar-refractivity contribution in [1.82, 2.24) is 5.32 Å². The second-order valence-corrected chi connectivity index (χ2v) is 4.00. The molecule has 0 aliphatic heterocycles. The molecule has 1 atom stereocenters. The molecule has 8 heteroatoms. The molecule has 0 aromatic heterocycles. The van der Waals surface area contributed by atoms with E-state index in [0.717, 1.165) is 12.1 Å². The zero-order valence-corrected chi connectivity index (χ0v) is 10.7. The second-order valence-electron chi connectivity index (χ2n) is 4.00. The standard InChI is InChI=1S/C12H13F3N2O3/c1-7(8(2)18)16-11(19)17-9-3-5-10(6-4-9)20-12(13,14)15/h3-7H,1-2H3,(H2,16,17,19). The Morgan fingerprint density at radius 2 is 1.75 bits per heavy atom. The summed E-state index contributed by atoms with van der Waals surface area (Å²) in [5, 5.41) is 4.75. The number of ether oxygens (including phenoxy) is 1. The molecule has 0 fully saturated rings. The molecule has 1 rings (SSSR count). The van der Waals surface area contributed by atoms with E-state index < -0.39 is 18.4 Å². The number of rotatable bonds is 4. The first-order chi connectivity index (χ1) is 9.17. The van der Waals surface area contributed by atoms with Gasteiger partial charge in [-0.05, 0) is 38.1 Å². The predicted molar refractivity (Wildman–Crippen MR) is 65.4 cm³/mol. The molecule has 20 heavy (non-hydrogen) atoms. The molecule has 2 N–H and O–H groups in total. The van der Waals surface area contributed by atoms with Crippen molar-refractivity contribution in [2.75, 3.05) is 5.32 Å². The van der Waals surface area contributed by atoms with E-state index in [4.69, 9.17) is 0 Å². The highest BCUT2D eigenvalue weighted by Gasteiger charge is 2.30. The summed E-state index contributed by atoms with van der Waals surface area (Å²) in [5.74, 6) is -0.602. The summed E-state index contributed by atoms with van der Waals surface area (Å²) >= 11 is 0. The highest BCUT2D eigenvalue weighted by atomic mass is 19.4. The van der Waals surface area contributed by atoms with E-state index >= 15 is 0 Å². The molecule has 1 unspecified atom stereocenters. The van der Waals surface area contributed by atoms with Crippen molar-refractivity contribution >= 4 is 17.5 Å². The number of hydrogen-bond donors (Lipinski definition) is 2. The molecular weight excluding hydrogens is 277 g/mol. The third-order valence-corrected chi connectivity index (χ3v) is 2.30. The lowest BCUT2D eigenvalue weighted by Gasteiger charge is -2.12. The summed E-state index contributed by atoms with van der Waals surface area (Å²) in [6, 6.07) is 3.35. The Kier molecular flexibility index (Phi) is 4.95. The van der Waals surface area contributed by atoms with Crippen molar-refractivity contribution in [3.63, 3.8) is 0 Å². The van der Waals surface area contributed by atoms with Crippen LogP contribution < -0.4 is 15.4 Å². The maximum Gasteiger partial charge on any atom is 0.573 e. The van der Waals surface area contributed by atoms with Crippen LogP contribution in [-0.2, 0) is 4.79 Å². The van der Waals surface area contributed by atoms with E-state index in [9.17, 15) is 22.8 Å². The van der Waals surface area contributed by atoms with Crippen LogP contribution in [0.5, 0.6) is 5.75 Å². The number of anilines is 1. The summed E-state index contributed by atoms with van der Waals surface area (Å²) in [6.07, 6.45) is -4.76. The molecular formula is C12H13F3N2O3. The number of benzene rings is 1. The summed E-state index contributed by atoms with van der Waals surface area (Å²) in [4.78, 5) is 22.4. The smallest absolute Gasteiger partial charge is 0.406 e. The molecule has 0 aliphatic rings. The molecule has 0 heterocycles. The van der Waals surface area contributed by atoms with E-state index in [1.807, 2.05) is 0 Å². The van der Waals surface area contributed by atoms with Crippen LogP contribution in [0.2, 0.25) is 0 Å². The van der Waals surface area contributed by atoms with Gasteiger partial charge in [0.1, 0.15) is 5.75 Å². The topological polar surface area (TPSA) is 67.4 Å². The molecule has 0 radical (unpaired) electrons. The first-order valence-corrected chi connectivity index (χ1v) is 5.61. The van der Waals surface area contributed by atoms with Crippen LogP contribution >= 0.6 is 0 Å². The van der Waals surface area contributed by atoms with Gasteiger partial charge < -0.3 is 15.4 Å². The quantitative estimate of drug-likeness (QED) is 0.896. The number of carbonyl (C=O) groups is 2. The SMILES string of the molecule is CC(=O)C(C)NC(=O)Nc1ccc(OC(F)(F)F)cc1. The predicted octanol–water partition coefficient (Wildman–Crippen LogP) is 2.68. The number of ketones is 1. The Balaban J connectivity index is 2.57. The van der Waals surface area contributed by atoms with Crippen molar-refractivity contribution in [3.05, 3.63) is 24.3 Å². The van der Waals surface area contributed by atoms with Crippen molar-refractivity contribution in [1.29, 1.82) is 0 Å². The van der Waals surface area contributed by atoms with Gasteiger partial charge in [0.25, 0.3) is 0 Å². The lowest BCUT2D eigenvalue weighted by Crippen LogP contribution is -2.39. The van der Waals surface area contributed by atoms with Gasteiger partial charge in [-0.25, -0.2) is 4.79 Å². The molecule has 5 nitrogen and oxygen atoms in total. The third kappa shape index (κ3) is 5.59. The second kappa shape index (κ2) is 6.27. The van der Waals surface area contributed by atoms with E-state index in [0.29, 0.717) is 0 Å². The molecule has 110 valence electrons. The molecule has 0 bridgehead atoms. The van der Waals surface area contributed by atoms with Gasteiger partial charge in [-0.1, -0.05) is 0 Å². The molecule has 2 amide bonds. The van der Waals surface area contributed by atoms with Crippen LogP contribution in [0.1, 0.15) is 13.8 Å². The monoisotopic (exact) mass is 290 g/mol. The van der Waals surface area contributed by atoms with Crippen LogP contribution in [0.15, 0.2) is 24.3 Å². The van der Waals surface area contributed by atoms with E-state index in [1.54, 1.807) is 0 Å². The van der Waals surface area contributed by atoms with Crippen LogP contribution in [0.4, 0.5) is 23.7 Å². The van der Waals surface area contributed by atoms with E-state index in [2.05, 4.69) is 15.4 Å². The number of amides is 2. The van der Waals surface area contributed by atoms with E-state index in [1.165, 1.54) is 26.0 Å². The first-order valence-electron chi connectivity index (χ1n) is 5.61. The largest absolute Gasteiger partial charge is 0.573 e. The number of carbonyl (C=O) groups excluding carboxylic acids is 2. The van der Waals surface area contributed by atoms with Gasteiger partial charge in [0, 0.05) is 5.69 Å². The Labute approximate surface area is 113 Å². The molecule has 1 aromatic carbocycles. The highest BCUT2D eigenvalue weighted by molar-refractivity contribution is 5.93. The van der Waals surface area contributed by atoms with Gasteiger partial charge in [0.05, 0.1) is 6.04 Å². The van der Waals surface area contributed by atoms with Gasteiger partial charge in [-0.3, -0.25) is 4.79 Å². The van der Waals surface area contributed by atoms with Crippen molar-refractivity contribution in [2.45, 2.75) is 26.3 Å². The Morgan fingerprint density at radius 1 is 1.20 bits per heavy atom. The summed E-state index contributed by atoms with van der Waals surface area (Å²) in [6.45, 7) is 2.84.